The van der Waals surface area contributed by atoms with E-state index in [1.54, 1.807) is 0 Å². The second-order valence-corrected chi connectivity index (χ2v) is 6.89. The molecule has 0 fully saturated rings. The van der Waals surface area contributed by atoms with E-state index < -0.39 is 6.09 Å². The van der Waals surface area contributed by atoms with E-state index in [9.17, 15) is 9.59 Å². The fraction of sp³-hybridized carbons (Fsp3) is 0.619. The Balaban J connectivity index is 2.10. The number of nitrogens with one attached hydrogen (secondary N) is 3. The van der Waals surface area contributed by atoms with Gasteiger partial charge in [0.2, 0.25) is 0 Å². The molecule has 3 amide bonds. The number of anilines is 1. The highest BCUT2D eigenvalue weighted by Gasteiger charge is 2.02. The number of benzene rings is 1. The van der Waals surface area contributed by atoms with Crippen molar-refractivity contribution in [2.75, 3.05) is 18.4 Å². The molecule has 0 heterocycles. The highest BCUT2D eigenvalue weighted by atomic mass is 16.4. The quantitative estimate of drug-likeness (QED) is 0.338. The standard InChI is InChI=1S/C21H35N3O3/c1-2-3-4-5-6-7-8-9-11-18-12-14-19(15-13-18)24-20(25)22-16-10-17-23-21(26)27/h12-15,23H,2-11,16-17H2,1H3,(H,26,27)(H2,22,24,25). The van der Waals surface area contributed by atoms with Gasteiger partial charge >= 0.3 is 12.1 Å². The number of hydrogen-bond donors (Lipinski definition) is 4. The Morgan fingerprint density at radius 1 is 0.815 bits per heavy atom. The van der Waals surface area contributed by atoms with Crippen LogP contribution < -0.4 is 16.0 Å². The van der Waals surface area contributed by atoms with E-state index in [1.807, 2.05) is 12.1 Å². The number of urea groups is 1. The normalized spacial score (nSPS) is 10.4. The molecule has 0 spiro atoms. The first-order valence-electron chi connectivity index (χ1n) is 10.2. The molecule has 4 N–H and O–H groups in total. The number of amides is 3. The third-order valence-corrected chi connectivity index (χ3v) is 4.45. The van der Waals surface area contributed by atoms with E-state index >= 15 is 0 Å². The van der Waals surface area contributed by atoms with Gasteiger partial charge in [0, 0.05) is 18.8 Å². The lowest BCUT2D eigenvalue weighted by atomic mass is 10.0. The van der Waals surface area contributed by atoms with E-state index in [0.717, 1.165) is 12.1 Å². The van der Waals surface area contributed by atoms with Crippen LogP contribution in [0.25, 0.3) is 0 Å². The van der Waals surface area contributed by atoms with Gasteiger partial charge in [0.15, 0.2) is 0 Å². The smallest absolute Gasteiger partial charge is 0.404 e. The lowest BCUT2D eigenvalue weighted by Gasteiger charge is -2.08. The van der Waals surface area contributed by atoms with Crippen LogP contribution in [0.5, 0.6) is 0 Å². The van der Waals surface area contributed by atoms with Crippen molar-refractivity contribution in [2.45, 2.75) is 71.1 Å². The number of carboxylic acid groups (broad SMARTS) is 1. The Morgan fingerprint density at radius 2 is 1.41 bits per heavy atom. The average Bonchev–Trinajstić information content (AvgIpc) is 2.64. The fourth-order valence-electron chi connectivity index (χ4n) is 2.88. The van der Waals surface area contributed by atoms with Crippen LogP contribution in [0.2, 0.25) is 0 Å². The van der Waals surface area contributed by atoms with Gasteiger partial charge in [-0.1, -0.05) is 64.0 Å². The van der Waals surface area contributed by atoms with Crippen molar-refractivity contribution in [2.24, 2.45) is 0 Å². The van der Waals surface area contributed by atoms with Crippen molar-refractivity contribution in [1.29, 1.82) is 0 Å². The number of hydrogen-bond acceptors (Lipinski definition) is 2. The maximum Gasteiger partial charge on any atom is 0.404 e. The predicted molar refractivity (Wildman–Crippen MR) is 110 cm³/mol. The van der Waals surface area contributed by atoms with Gasteiger partial charge in [-0.2, -0.15) is 0 Å². The Kier molecular flexibility index (Phi) is 12.6. The molecule has 0 aliphatic rings. The van der Waals surface area contributed by atoms with Crippen LogP contribution in [0.3, 0.4) is 0 Å². The molecule has 0 aliphatic heterocycles. The van der Waals surface area contributed by atoms with Crippen LogP contribution in [0.1, 0.15) is 70.3 Å². The van der Waals surface area contributed by atoms with Crippen LogP contribution in [0.4, 0.5) is 15.3 Å². The third-order valence-electron chi connectivity index (χ3n) is 4.45. The van der Waals surface area contributed by atoms with Gasteiger partial charge in [-0.15, -0.1) is 0 Å². The summed E-state index contributed by atoms with van der Waals surface area (Å²) < 4.78 is 0. The van der Waals surface area contributed by atoms with Crippen LogP contribution in [-0.4, -0.2) is 30.3 Å². The summed E-state index contributed by atoms with van der Waals surface area (Å²) >= 11 is 0. The summed E-state index contributed by atoms with van der Waals surface area (Å²) in [7, 11) is 0. The topological polar surface area (TPSA) is 90.5 Å². The summed E-state index contributed by atoms with van der Waals surface area (Å²) in [6.07, 6.45) is 11.2. The van der Waals surface area contributed by atoms with Crippen LogP contribution in [-0.2, 0) is 6.42 Å². The summed E-state index contributed by atoms with van der Waals surface area (Å²) in [6, 6.07) is 7.69. The minimum Gasteiger partial charge on any atom is -0.465 e. The number of carbonyl (C=O) groups excluding carboxylic acids is 1. The zero-order valence-electron chi connectivity index (χ0n) is 16.6. The largest absolute Gasteiger partial charge is 0.465 e. The second kappa shape index (κ2) is 14.9. The summed E-state index contributed by atoms with van der Waals surface area (Å²) in [4.78, 5) is 22.1. The van der Waals surface area contributed by atoms with Gasteiger partial charge in [0.05, 0.1) is 0 Å². The maximum atomic E-state index is 11.8. The molecule has 1 rings (SSSR count). The van der Waals surface area contributed by atoms with Gasteiger partial charge in [0.1, 0.15) is 0 Å². The Labute approximate surface area is 163 Å². The molecule has 0 bridgehead atoms. The Hall–Kier alpha value is -2.24. The van der Waals surface area contributed by atoms with E-state index in [-0.39, 0.29) is 6.03 Å². The van der Waals surface area contributed by atoms with E-state index in [1.165, 1.54) is 56.9 Å². The number of carbonyl (C=O) groups is 2. The van der Waals surface area contributed by atoms with Crippen molar-refractivity contribution < 1.29 is 14.7 Å². The molecule has 0 radical (unpaired) electrons. The first-order valence-corrected chi connectivity index (χ1v) is 10.2. The molecule has 0 aliphatic carbocycles. The van der Waals surface area contributed by atoms with Crippen LogP contribution in [0, 0.1) is 0 Å². The highest BCUT2D eigenvalue weighted by Crippen LogP contribution is 2.14. The molecule has 0 aromatic heterocycles. The number of rotatable bonds is 14. The molecule has 152 valence electrons. The number of aryl methyl sites for hydroxylation is 1. The summed E-state index contributed by atoms with van der Waals surface area (Å²) in [5.74, 6) is 0. The molecule has 0 saturated heterocycles. The molecular formula is C21H35N3O3. The fourth-order valence-corrected chi connectivity index (χ4v) is 2.88. The molecule has 1 aromatic carbocycles. The Morgan fingerprint density at radius 3 is 2.04 bits per heavy atom. The average molecular weight is 378 g/mol. The van der Waals surface area contributed by atoms with Crippen molar-refractivity contribution in [3.05, 3.63) is 29.8 Å². The van der Waals surface area contributed by atoms with Crippen molar-refractivity contribution in [3.63, 3.8) is 0 Å². The van der Waals surface area contributed by atoms with E-state index in [4.69, 9.17) is 5.11 Å². The molecule has 0 saturated carbocycles. The molecule has 6 heteroatoms. The molecular weight excluding hydrogens is 342 g/mol. The maximum absolute atomic E-state index is 11.8. The lowest BCUT2D eigenvalue weighted by molar-refractivity contribution is 0.194. The van der Waals surface area contributed by atoms with E-state index in [0.29, 0.717) is 19.5 Å². The minimum atomic E-state index is -1.05. The highest BCUT2D eigenvalue weighted by molar-refractivity contribution is 5.89. The van der Waals surface area contributed by atoms with Gasteiger partial charge in [-0.3, -0.25) is 0 Å². The Bertz CT molecular complexity index is 532. The zero-order valence-corrected chi connectivity index (χ0v) is 16.6. The zero-order chi connectivity index (χ0) is 19.7. The molecule has 0 atom stereocenters. The molecule has 6 nitrogen and oxygen atoms in total. The third kappa shape index (κ3) is 12.7. The number of unbranched alkanes of at least 4 members (excludes halogenated alkanes) is 7. The summed E-state index contributed by atoms with van der Waals surface area (Å²) in [5, 5.41) is 16.2. The second-order valence-electron chi connectivity index (χ2n) is 6.89. The van der Waals surface area contributed by atoms with Crippen molar-refractivity contribution >= 4 is 17.8 Å². The lowest BCUT2D eigenvalue weighted by Crippen LogP contribution is -2.32. The van der Waals surface area contributed by atoms with Crippen molar-refractivity contribution in [3.8, 4) is 0 Å². The van der Waals surface area contributed by atoms with Gasteiger partial charge < -0.3 is 21.1 Å². The SMILES string of the molecule is CCCCCCCCCCc1ccc(NC(=O)NCCCNC(=O)O)cc1. The summed E-state index contributed by atoms with van der Waals surface area (Å²) in [6.45, 7) is 2.99. The van der Waals surface area contributed by atoms with Gasteiger partial charge in [-0.05, 0) is 37.0 Å². The monoisotopic (exact) mass is 377 g/mol. The van der Waals surface area contributed by atoms with Gasteiger partial charge in [-0.25, -0.2) is 9.59 Å². The molecule has 0 unspecified atom stereocenters. The molecule has 1 aromatic rings. The minimum absolute atomic E-state index is 0.277. The van der Waals surface area contributed by atoms with Crippen LogP contribution in [0.15, 0.2) is 24.3 Å². The van der Waals surface area contributed by atoms with E-state index in [2.05, 4.69) is 35.0 Å². The predicted octanol–water partition coefficient (Wildman–Crippen LogP) is 5.15. The van der Waals surface area contributed by atoms with Crippen molar-refractivity contribution in [1.82, 2.24) is 10.6 Å². The van der Waals surface area contributed by atoms with Crippen LogP contribution >= 0.6 is 0 Å². The first kappa shape index (κ1) is 22.8. The first-order chi connectivity index (χ1) is 13.1. The summed E-state index contributed by atoms with van der Waals surface area (Å²) in [5.41, 5.74) is 2.06. The van der Waals surface area contributed by atoms with Gasteiger partial charge in [0.25, 0.3) is 0 Å². The molecule has 27 heavy (non-hydrogen) atoms.